The van der Waals surface area contributed by atoms with Gasteiger partial charge in [-0.3, -0.25) is 0 Å². The lowest BCUT2D eigenvalue weighted by atomic mass is 10.1. The molecule has 2 rings (SSSR count). The maximum absolute atomic E-state index is 6.06. The SMILES string of the molecule is C[NH2+][C@@H](C[NH+]1CCCC1)c1cc(Cl)cc(Cl)c1. The van der Waals surface area contributed by atoms with Gasteiger partial charge in [-0.2, -0.15) is 0 Å². The van der Waals surface area contributed by atoms with Crippen LogP contribution in [0.25, 0.3) is 0 Å². The molecule has 1 atom stereocenters. The average Bonchev–Trinajstić information content (AvgIpc) is 2.77. The van der Waals surface area contributed by atoms with Gasteiger partial charge in [-0.05, 0) is 18.2 Å². The van der Waals surface area contributed by atoms with Crippen LogP contribution in [0.3, 0.4) is 0 Å². The minimum absolute atomic E-state index is 0.458. The number of quaternary nitrogens is 2. The maximum atomic E-state index is 6.06. The number of likely N-dealkylation sites (N-methyl/N-ethyl adjacent to an activating group) is 1. The average molecular weight is 275 g/mol. The molecule has 1 aromatic rings. The molecule has 2 nitrogen and oxygen atoms in total. The molecule has 0 amide bonds. The van der Waals surface area contributed by atoms with Gasteiger partial charge in [0, 0.05) is 28.5 Å². The van der Waals surface area contributed by atoms with Gasteiger partial charge in [-0.25, -0.2) is 0 Å². The van der Waals surface area contributed by atoms with Crippen molar-refractivity contribution in [1.29, 1.82) is 0 Å². The monoisotopic (exact) mass is 274 g/mol. The van der Waals surface area contributed by atoms with Crippen LogP contribution in [0, 0.1) is 0 Å². The van der Waals surface area contributed by atoms with Crippen molar-refractivity contribution in [3.8, 4) is 0 Å². The van der Waals surface area contributed by atoms with Crippen LogP contribution in [-0.4, -0.2) is 26.7 Å². The summed E-state index contributed by atoms with van der Waals surface area (Å²) in [5.41, 5.74) is 1.24. The summed E-state index contributed by atoms with van der Waals surface area (Å²) in [7, 11) is 2.12. The van der Waals surface area contributed by atoms with E-state index in [1.165, 1.54) is 31.5 Å². The molecule has 1 aliphatic heterocycles. The predicted molar refractivity (Wildman–Crippen MR) is 71.9 cm³/mol. The summed E-state index contributed by atoms with van der Waals surface area (Å²) < 4.78 is 0. The van der Waals surface area contributed by atoms with Crippen LogP contribution < -0.4 is 10.2 Å². The highest BCUT2D eigenvalue weighted by atomic mass is 35.5. The third-order valence-electron chi connectivity index (χ3n) is 3.53. The standard InChI is InChI=1S/C13H18Cl2N2/c1-16-13(9-17-4-2-3-5-17)10-6-11(14)8-12(15)7-10/h6-8,13,16H,2-5,9H2,1H3/p+2/t13-/m0/s1. The second-order valence-corrected chi connectivity index (χ2v) is 5.68. The van der Waals surface area contributed by atoms with Crippen LogP contribution in [0.15, 0.2) is 18.2 Å². The van der Waals surface area contributed by atoms with Crippen LogP contribution in [0.5, 0.6) is 0 Å². The molecule has 1 fully saturated rings. The van der Waals surface area contributed by atoms with Crippen molar-refractivity contribution >= 4 is 23.2 Å². The largest absolute Gasteiger partial charge is 0.338 e. The molecule has 17 heavy (non-hydrogen) atoms. The number of halogens is 2. The molecule has 4 heteroatoms. The Morgan fingerprint density at radius 2 is 1.76 bits per heavy atom. The summed E-state index contributed by atoms with van der Waals surface area (Å²) >= 11 is 12.1. The van der Waals surface area contributed by atoms with E-state index in [4.69, 9.17) is 23.2 Å². The molecule has 0 bridgehead atoms. The first kappa shape index (κ1) is 13.2. The molecule has 1 aliphatic rings. The van der Waals surface area contributed by atoms with Crippen molar-refractivity contribution in [3.05, 3.63) is 33.8 Å². The zero-order chi connectivity index (χ0) is 12.3. The smallest absolute Gasteiger partial charge is 0.161 e. The molecule has 0 aliphatic carbocycles. The fourth-order valence-electron chi connectivity index (χ4n) is 2.61. The summed E-state index contributed by atoms with van der Waals surface area (Å²) in [6.07, 6.45) is 2.73. The Labute approximate surface area is 113 Å². The molecule has 94 valence electrons. The van der Waals surface area contributed by atoms with E-state index >= 15 is 0 Å². The Bertz CT molecular complexity index is 355. The highest BCUT2D eigenvalue weighted by Crippen LogP contribution is 2.21. The second kappa shape index (κ2) is 6.05. The zero-order valence-electron chi connectivity index (χ0n) is 10.2. The van der Waals surface area contributed by atoms with Gasteiger partial charge < -0.3 is 10.2 Å². The summed E-state index contributed by atoms with van der Waals surface area (Å²) in [4.78, 5) is 1.70. The molecule has 3 N–H and O–H groups in total. The number of hydrogen-bond acceptors (Lipinski definition) is 0. The lowest BCUT2D eigenvalue weighted by Crippen LogP contribution is -3.12. The first-order valence-electron chi connectivity index (χ1n) is 6.28. The van der Waals surface area contributed by atoms with E-state index in [1.807, 2.05) is 12.1 Å². The zero-order valence-corrected chi connectivity index (χ0v) is 11.7. The van der Waals surface area contributed by atoms with Gasteiger partial charge in [-0.1, -0.05) is 23.2 Å². The summed E-state index contributed by atoms with van der Waals surface area (Å²) in [5.74, 6) is 0. The fraction of sp³-hybridized carbons (Fsp3) is 0.538. The lowest BCUT2D eigenvalue weighted by molar-refractivity contribution is -0.908. The Kier molecular flexibility index (Phi) is 4.69. The molecular weight excluding hydrogens is 255 g/mol. The molecule has 0 unspecified atom stereocenters. The van der Waals surface area contributed by atoms with Gasteiger partial charge in [0.2, 0.25) is 0 Å². The van der Waals surface area contributed by atoms with E-state index in [0.29, 0.717) is 6.04 Å². The Balaban J connectivity index is 2.10. The Hall–Kier alpha value is -0.280. The van der Waals surface area contributed by atoms with Crippen LogP contribution in [0.2, 0.25) is 10.0 Å². The number of likely N-dealkylation sites (tertiary alicyclic amines) is 1. The third-order valence-corrected chi connectivity index (χ3v) is 3.97. The molecule has 0 spiro atoms. The van der Waals surface area contributed by atoms with Crippen molar-refractivity contribution < 1.29 is 10.2 Å². The van der Waals surface area contributed by atoms with E-state index in [-0.39, 0.29) is 0 Å². The van der Waals surface area contributed by atoms with Crippen LogP contribution in [0.1, 0.15) is 24.4 Å². The topological polar surface area (TPSA) is 21.1 Å². The first-order valence-corrected chi connectivity index (χ1v) is 7.03. The minimum atomic E-state index is 0.458. The molecular formula is C13H20Cl2N2+2. The Morgan fingerprint density at radius 1 is 1.18 bits per heavy atom. The highest BCUT2D eigenvalue weighted by Gasteiger charge is 2.23. The normalized spacial score (nSPS) is 18.5. The highest BCUT2D eigenvalue weighted by molar-refractivity contribution is 6.34. The number of benzene rings is 1. The second-order valence-electron chi connectivity index (χ2n) is 4.80. The first-order chi connectivity index (χ1) is 8.19. The van der Waals surface area contributed by atoms with Gasteiger partial charge in [0.1, 0.15) is 6.54 Å². The molecule has 1 aromatic carbocycles. The van der Waals surface area contributed by atoms with E-state index in [1.54, 1.807) is 11.0 Å². The van der Waals surface area contributed by atoms with Gasteiger partial charge in [-0.15, -0.1) is 0 Å². The molecule has 0 radical (unpaired) electrons. The van der Waals surface area contributed by atoms with Gasteiger partial charge in [0.25, 0.3) is 0 Å². The van der Waals surface area contributed by atoms with Crippen LogP contribution in [0.4, 0.5) is 0 Å². The molecule has 1 saturated heterocycles. The van der Waals surface area contributed by atoms with Crippen molar-refractivity contribution in [2.45, 2.75) is 18.9 Å². The van der Waals surface area contributed by atoms with Crippen LogP contribution >= 0.6 is 23.2 Å². The van der Waals surface area contributed by atoms with Crippen molar-refractivity contribution in [3.63, 3.8) is 0 Å². The lowest BCUT2D eigenvalue weighted by Gasteiger charge is -2.18. The van der Waals surface area contributed by atoms with Crippen molar-refractivity contribution in [2.75, 3.05) is 26.7 Å². The van der Waals surface area contributed by atoms with Crippen LogP contribution in [-0.2, 0) is 0 Å². The van der Waals surface area contributed by atoms with E-state index in [9.17, 15) is 0 Å². The molecule has 1 heterocycles. The van der Waals surface area contributed by atoms with Gasteiger partial charge >= 0.3 is 0 Å². The van der Waals surface area contributed by atoms with E-state index < -0.39 is 0 Å². The predicted octanol–water partition coefficient (Wildman–Crippen LogP) is 0.906. The maximum Gasteiger partial charge on any atom is 0.161 e. The van der Waals surface area contributed by atoms with E-state index in [2.05, 4.69) is 12.4 Å². The number of hydrogen-bond donors (Lipinski definition) is 2. The summed E-state index contributed by atoms with van der Waals surface area (Å²) in [5, 5.41) is 3.72. The fourth-order valence-corrected chi connectivity index (χ4v) is 3.15. The minimum Gasteiger partial charge on any atom is -0.338 e. The molecule has 0 saturated carbocycles. The Morgan fingerprint density at radius 3 is 2.29 bits per heavy atom. The number of nitrogens with two attached hydrogens (primary N) is 1. The van der Waals surface area contributed by atoms with Crippen molar-refractivity contribution in [2.24, 2.45) is 0 Å². The van der Waals surface area contributed by atoms with Gasteiger partial charge in [0.15, 0.2) is 6.04 Å². The quantitative estimate of drug-likeness (QED) is 0.815. The van der Waals surface area contributed by atoms with E-state index in [0.717, 1.165) is 16.6 Å². The number of nitrogens with one attached hydrogen (secondary N) is 1. The number of rotatable bonds is 4. The van der Waals surface area contributed by atoms with Crippen molar-refractivity contribution in [1.82, 2.24) is 0 Å². The molecule has 0 aromatic heterocycles. The van der Waals surface area contributed by atoms with Gasteiger partial charge in [0.05, 0.1) is 20.1 Å². The third kappa shape index (κ3) is 3.59. The summed E-state index contributed by atoms with van der Waals surface area (Å²) in [6.45, 7) is 3.77. The summed E-state index contributed by atoms with van der Waals surface area (Å²) in [6, 6.07) is 6.32.